The van der Waals surface area contributed by atoms with Gasteiger partial charge >= 0.3 is 5.97 Å². The lowest BCUT2D eigenvalue weighted by Crippen LogP contribution is -2.58. The number of hydrogen-bond acceptors (Lipinski definition) is 9. The molecule has 4 unspecified atom stereocenters. The van der Waals surface area contributed by atoms with E-state index in [2.05, 4.69) is 20.9 Å². The second-order valence-electron chi connectivity index (χ2n) is 8.05. The van der Waals surface area contributed by atoms with Gasteiger partial charge < -0.3 is 54.8 Å². The minimum absolute atomic E-state index is 0.0694. The molecule has 4 atom stereocenters. The fourth-order valence-corrected chi connectivity index (χ4v) is 2.97. The highest BCUT2D eigenvalue weighted by Crippen LogP contribution is 2.04. The van der Waals surface area contributed by atoms with Crippen LogP contribution >= 0.6 is 0 Å². The number of amides is 4. The molecule has 0 aliphatic heterocycles. The highest BCUT2D eigenvalue weighted by atomic mass is 16.4. The van der Waals surface area contributed by atoms with Crippen LogP contribution in [0, 0.1) is 0 Å². The standard InChI is InChI=1S/C20H39N9O7/c21-8-2-1-4-11(22)16(32)27-12(5-3-9-26-20(24)25)17(33)29-14(10-30)18(34)28-13(19(35)36)6-7-15(23)31/h11-14,30H,1-10,21-22H2,(H2,23,31)(H,27,32)(H,28,34)(H,29,33)(H,35,36)(H4,24,25,26). The molecule has 0 saturated carbocycles. The van der Waals surface area contributed by atoms with Crippen molar-refractivity contribution in [3.63, 3.8) is 0 Å². The van der Waals surface area contributed by atoms with E-state index in [4.69, 9.17) is 28.7 Å². The van der Waals surface area contributed by atoms with Gasteiger partial charge in [-0.05, 0) is 38.6 Å². The van der Waals surface area contributed by atoms with Crippen molar-refractivity contribution < 1.29 is 34.2 Å². The Balaban J connectivity index is 5.32. The molecule has 0 heterocycles. The Labute approximate surface area is 208 Å². The van der Waals surface area contributed by atoms with Gasteiger partial charge in [0.15, 0.2) is 5.96 Å². The number of carboxylic acid groups (broad SMARTS) is 1. The smallest absolute Gasteiger partial charge is 0.326 e. The maximum atomic E-state index is 12.9. The molecule has 0 bridgehead atoms. The van der Waals surface area contributed by atoms with Gasteiger partial charge in [-0.1, -0.05) is 6.42 Å². The molecule has 0 radical (unpaired) electrons. The van der Waals surface area contributed by atoms with E-state index in [0.717, 1.165) is 0 Å². The lowest BCUT2D eigenvalue weighted by atomic mass is 10.1. The highest BCUT2D eigenvalue weighted by Gasteiger charge is 2.30. The van der Waals surface area contributed by atoms with Gasteiger partial charge in [0.25, 0.3) is 0 Å². The summed E-state index contributed by atoms with van der Waals surface area (Å²) in [7, 11) is 0. The first-order chi connectivity index (χ1) is 16.9. The van der Waals surface area contributed by atoms with Crippen molar-refractivity contribution >= 4 is 35.6 Å². The summed E-state index contributed by atoms with van der Waals surface area (Å²) in [6.07, 6.45) is 1.39. The van der Waals surface area contributed by atoms with Crippen molar-refractivity contribution in [2.45, 2.75) is 69.1 Å². The van der Waals surface area contributed by atoms with E-state index in [1.165, 1.54) is 0 Å². The summed E-state index contributed by atoms with van der Waals surface area (Å²) in [6.45, 7) is -0.262. The number of primary amides is 1. The lowest BCUT2D eigenvalue weighted by Gasteiger charge is -2.24. The second-order valence-corrected chi connectivity index (χ2v) is 8.05. The SMILES string of the molecule is NCCCCC(N)C(=O)NC(CCCN=C(N)N)C(=O)NC(CO)C(=O)NC(CCC(N)=O)C(=O)O. The first kappa shape index (κ1) is 32.5. The van der Waals surface area contributed by atoms with Crippen LogP contribution in [0.1, 0.15) is 44.9 Å². The number of aliphatic hydroxyl groups is 1. The predicted molar refractivity (Wildman–Crippen MR) is 130 cm³/mol. The molecule has 16 nitrogen and oxygen atoms in total. The molecule has 0 fully saturated rings. The number of carbonyl (C=O) groups excluding carboxylic acids is 4. The van der Waals surface area contributed by atoms with E-state index in [-0.39, 0.29) is 38.2 Å². The molecule has 0 aliphatic carbocycles. The Morgan fingerprint density at radius 2 is 1.36 bits per heavy atom. The number of nitrogens with zero attached hydrogens (tertiary/aromatic N) is 1. The molecule has 4 amide bonds. The number of unbranched alkanes of at least 4 members (excludes halogenated alkanes) is 1. The van der Waals surface area contributed by atoms with Gasteiger partial charge in [-0.2, -0.15) is 0 Å². The van der Waals surface area contributed by atoms with Gasteiger partial charge in [0.05, 0.1) is 12.6 Å². The normalized spacial score (nSPS) is 14.0. The molecule has 36 heavy (non-hydrogen) atoms. The molecule has 0 saturated heterocycles. The molecule has 0 aromatic heterocycles. The molecular weight excluding hydrogens is 478 g/mol. The minimum Gasteiger partial charge on any atom is -0.480 e. The molecule has 15 N–H and O–H groups in total. The third-order valence-electron chi connectivity index (χ3n) is 4.99. The topological polar surface area (TPSA) is 304 Å². The zero-order valence-corrected chi connectivity index (χ0v) is 20.2. The highest BCUT2D eigenvalue weighted by molar-refractivity contribution is 5.94. The Morgan fingerprint density at radius 1 is 0.778 bits per heavy atom. The Hall–Kier alpha value is -3.50. The van der Waals surface area contributed by atoms with E-state index in [1.807, 2.05) is 0 Å². The van der Waals surface area contributed by atoms with Gasteiger partial charge in [-0.25, -0.2) is 4.79 Å². The molecule has 0 spiro atoms. The zero-order chi connectivity index (χ0) is 27.7. The summed E-state index contributed by atoms with van der Waals surface area (Å²) in [5.74, 6) is -4.77. The van der Waals surface area contributed by atoms with Gasteiger partial charge in [-0.15, -0.1) is 0 Å². The summed E-state index contributed by atoms with van der Waals surface area (Å²) in [6, 6.07) is -5.07. The van der Waals surface area contributed by atoms with Crippen molar-refractivity contribution in [2.75, 3.05) is 19.7 Å². The summed E-state index contributed by atoms with van der Waals surface area (Å²) in [5.41, 5.74) is 26.9. The van der Waals surface area contributed by atoms with E-state index in [9.17, 15) is 34.2 Å². The van der Waals surface area contributed by atoms with Crippen LogP contribution in [-0.4, -0.2) is 89.6 Å². The predicted octanol–water partition coefficient (Wildman–Crippen LogP) is -4.71. The van der Waals surface area contributed by atoms with Crippen LogP contribution in [0.25, 0.3) is 0 Å². The maximum Gasteiger partial charge on any atom is 0.326 e. The summed E-state index contributed by atoms with van der Waals surface area (Å²) in [5, 5.41) is 25.8. The third-order valence-corrected chi connectivity index (χ3v) is 4.99. The molecule has 206 valence electrons. The van der Waals surface area contributed by atoms with E-state index < -0.39 is 60.4 Å². The number of nitrogens with one attached hydrogen (secondary N) is 3. The second kappa shape index (κ2) is 17.9. The maximum absolute atomic E-state index is 12.9. The summed E-state index contributed by atoms with van der Waals surface area (Å²) in [4.78, 5) is 63.9. The number of aliphatic imine (C=N–C) groups is 1. The van der Waals surface area contributed by atoms with Crippen LogP contribution in [0.3, 0.4) is 0 Å². The van der Waals surface area contributed by atoms with Gasteiger partial charge in [0.2, 0.25) is 23.6 Å². The van der Waals surface area contributed by atoms with E-state index >= 15 is 0 Å². The fraction of sp³-hybridized carbons (Fsp3) is 0.700. The molecule has 16 heteroatoms. The summed E-state index contributed by atoms with van der Waals surface area (Å²) < 4.78 is 0. The Bertz CT molecular complexity index is 775. The number of carbonyl (C=O) groups is 5. The molecular formula is C20H39N9O7. The van der Waals surface area contributed by atoms with Crippen LogP contribution in [0.4, 0.5) is 0 Å². The van der Waals surface area contributed by atoms with Crippen LogP contribution in [0.5, 0.6) is 0 Å². The molecule has 0 aromatic carbocycles. The monoisotopic (exact) mass is 517 g/mol. The fourth-order valence-electron chi connectivity index (χ4n) is 2.97. The quantitative estimate of drug-likeness (QED) is 0.0440. The van der Waals surface area contributed by atoms with Crippen molar-refractivity contribution in [3.05, 3.63) is 0 Å². The average molecular weight is 518 g/mol. The van der Waals surface area contributed by atoms with Crippen LogP contribution in [0.15, 0.2) is 4.99 Å². The Morgan fingerprint density at radius 3 is 1.89 bits per heavy atom. The van der Waals surface area contributed by atoms with Gasteiger partial charge in [0, 0.05) is 13.0 Å². The van der Waals surface area contributed by atoms with Crippen molar-refractivity contribution in [1.29, 1.82) is 0 Å². The number of carboxylic acids is 1. The lowest BCUT2D eigenvalue weighted by molar-refractivity contribution is -0.143. The molecule has 0 rings (SSSR count). The minimum atomic E-state index is -1.54. The van der Waals surface area contributed by atoms with Crippen LogP contribution in [-0.2, 0) is 24.0 Å². The molecule has 0 aliphatic rings. The Kier molecular flexibility index (Phi) is 16.1. The molecule has 0 aromatic rings. The average Bonchev–Trinajstić information content (AvgIpc) is 2.80. The van der Waals surface area contributed by atoms with Crippen LogP contribution < -0.4 is 44.6 Å². The van der Waals surface area contributed by atoms with Crippen molar-refractivity contribution in [3.8, 4) is 0 Å². The number of aliphatic hydroxyl groups excluding tert-OH is 1. The first-order valence-electron chi connectivity index (χ1n) is 11.5. The van der Waals surface area contributed by atoms with Gasteiger partial charge in [-0.3, -0.25) is 24.2 Å². The summed E-state index contributed by atoms with van der Waals surface area (Å²) >= 11 is 0. The van der Waals surface area contributed by atoms with Crippen molar-refractivity contribution in [2.24, 2.45) is 33.7 Å². The number of hydrogen-bond donors (Lipinski definition) is 10. The third kappa shape index (κ3) is 14.0. The number of aliphatic carboxylic acids is 1. The van der Waals surface area contributed by atoms with Crippen molar-refractivity contribution in [1.82, 2.24) is 16.0 Å². The van der Waals surface area contributed by atoms with Crippen LogP contribution in [0.2, 0.25) is 0 Å². The number of nitrogens with two attached hydrogens (primary N) is 5. The zero-order valence-electron chi connectivity index (χ0n) is 20.2. The first-order valence-corrected chi connectivity index (χ1v) is 11.5. The number of guanidine groups is 1. The van der Waals surface area contributed by atoms with Gasteiger partial charge in [0.1, 0.15) is 18.1 Å². The van der Waals surface area contributed by atoms with E-state index in [1.54, 1.807) is 0 Å². The van der Waals surface area contributed by atoms with E-state index in [0.29, 0.717) is 25.8 Å². The largest absolute Gasteiger partial charge is 0.480 e. The number of rotatable bonds is 19.